The van der Waals surface area contributed by atoms with Gasteiger partial charge < -0.3 is 10.1 Å². The molecule has 0 aromatic heterocycles. The maximum atomic E-state index is 12.4. The van der Waals surface area contributed by atoms with E-state index in [2.05, 4.69) is 23.9 Å². The minimum absolute atomic E-state index is 0.101. The molecule has 0 bridgehead atoms. The summed E-state index contributed by atoms with van der Waals surface area (Å²) in [4.78, 5) is 24.8. The standard InChI is InChI=1S/C19H21NO3S/c1-13(2)24-17-7-5-4-6-16(17)18(21)20-12-14-8-10-15(11-9-14)19(22)23-3/h4-11,13H,12H2,1-3H3,(H,20,21). The van der Waals surface area contributed by atoms with E-state index in [0.717, 1.165) is 10.5 Å². The molecule has 0 unspecified atom stereocenters. The van der Waals surface area contributed by atoms with Crippen LogP contribution in [0.5, 0.6) is 0 Å². The Morgan fingerprint density at radius 1 is 1.08 bits per heavy atom. The van der Waals surface area contributed by atoms with Crippen molar-refractivity contribution in [1.82, 2.24) is 5.32 Å². The highest BCUT2D eigenvalue weighted by atomic mass is 32.2. The smallest absolute Gasteiger partial charge is 0.337 e. The van der Waals surface area contributed by atoms with Crippen molar-refractivity contribution in [2.75, 3.05) is 7.11 Å². The summed E-state index contributed by atoms with van der Waals surface area (Å²) in [7, 11) is 1.35. The van der Waals surface area contributed by atoms with Gasteiger partial charge in [-0.1, -0.05) is 38.1 Å². The summed E-state index contributed by atoms with van der Waals surface area (Å²) in [5, 5.41) is 3.33. The van der Waals surface area contributed by atoms with Crippen LogP contribution in [0.4, 0.5) is 0 Å². The van der Waals surface area contributed by atoms with E-state index in [9.17, 15) is 9.59 Å². The third-order valence-corrected chi connectivity index (χ3v) is 4.40. The number of ether oxygens (including phenoxy) is 1. The lowest BCUT2D eigenvalue weighted by Gasteiger charge is -2.11. The number of thioether (sulfide) groups is 1. The molecular formula is C19H21NO3S. The van der Waals surface area contributed by atoms with E-state index in [4.69, 9.17) is 0 Å². The first kappa shape index (κ1) is 18.1. The van der Waals surface area contributed by atoms with Crippen molar-refractivity contribution in [3.05, 3.63) is 65.2 Å². The summed E-state index contributed by atoms with van der Waals surface area (Å²) in [6, 6.07) is 14.6. The predicted octanol–water partition coefficient (Wildman–Crippen LogP) is 3.90. The number of carbonyl (C=O) groups is 2. The van der Waals surface area contributed by atoms with E-state index in [0.29, 0.717) is 22.9 Å². The van der Waals surface area contributed by atoms with Gasteiger partial charge in [0.1, 0.15) is 0 Å². The summed E-state index contributed by atoms with van der Waals surface area (Å²) in [5.41, 5.74) is 2.10. The molecule has 126 valence electrons. The maximum Gasteiger partial charge on any atom is 0.337 e. The van der Waals surface area contributed by atoms with Gasteiger partial charge in [-0.2, -0.15) is 0 Å². The van der Waals surface area contributed by atoms with Gasteiger partial charge in [-0.25, -0.2) is 4.79 Å². The molecule has 0 fully saturated rings. The second-order valence-corrected chi connectivity index (χ2v) is 7.15. The van der Waals surface area contributed by atoms with E-state index in [1.54, 1.807) is 36.0 Å². The topological polar surface area (TPSA) is 55.4 Å². The zero-order valence-electron chi connectivity index (χ0n) is 14.0. The number of methoxy groups -OCH3 is 1. The Morgan fingerprint density at radius 3 is 2.38 bits per heavy atom. The second kappa shape index (κ2) is 8.55. The van der Waals surface area contributed by atoms with Crippen LogP contribution in [0, 0.1) is 0 Å². The first-order valence-electron chi connectivity index (χ1n) is 7.72. The Balaban J connectivity index is 2.02. The number of hydrogen-bond acceptors (Lipinski definition) is 4. The lowest BCUT2D eigenvalue weighted by molar-refractivity contribution is 0.0600. The van der Waals surface area contributed by atoms with Gasteiger partial charge in [-0.15, -0.1) is 11.8 Å². The van der Waals surface area contributed by atoms with Gasteiger partial charge >= 0.3 is 5.97 Å². The van der Waals surface area contributed by atoms with Crippen molar-refractivity contribution in [2.24, 2.45) is 0 Å². The largest absolute Gasteiger partial charge is 0.465 e. The lowest BCUT2D eigenvalue weighted by Crippen LogP contribution is -2.23. The molecule has 0 heterocycles. The SMILES string of the molecule is COC(=O)c1ccc(CNC(=O)c2ccccc2SC(C)C)cc1. The quantitative estimate of drug-likeness (QED) is 0.638. The number of esters is 1. The van der Waals surface area contributed by atoms with Crippen molar-refractivity contribution in [3.63, 3.8) is 0 Å². The van der Waals surface area contributed by atoms with Gasteiger partial charge in [0.25, 0.3) is 5.91 Å². The van der Waals surface area contributed by atoms with Crippen LogP contribution in [-0.2, 0) is 11.3 Å². The monoisotopic (exact) mass is 343 g/mol. The number of nitrogens with one attached hydrogen (secondary N) is 1. The molecule has 2 aromatic carbocycles. The zero-order chi connectivity index (χ0) is 17.5. The molecule has 0 aliphatic rings. The Hall–Kier alpha value is -2.27. The lowest BCUT2D eigenvalue weighted by atomic mass is 10.1. The number of hydrogen-bond donors (Lipinski definition) is 1. The van der Waals surface area contributed by atoms with Gasteiger partial charge in [0, 0.05) is 16.7 Å². The average molecular weight is 343 g/mol. The molecule has 2 aromatic rings. The molecule has 0 saturated heterocycles. The van der Waals surface area contributed by atoms with Crippen molar-refractivity contribution in [2.45, 2.75) is 30.5 Å². The highest BCUT2D eigenvalue weighted by Gasteiger charge is 2.12. The molecule has 0 spiro atoms. The minimum Gasteiger partial charge on any atom is -0.465 e. The first-order chi connectivity index (χ1) is 11.5. The highest BCUT2D eigenvalue weighted by molar-refractivity contribution is 8.00. The Morgan fingerprint density at radius 2 is 1.75 bits per heavy atom. The van der Waals surface area contributed by atoms with E-state index < -0.39 is 0 Å². The summed E-state index contributed by atoms with van der Waals surface area (Å²) in [5.74, 6) is -0.471. The average Bonchev–Trinajstić information content (AvgIpc) is 2.59. The molecule has 1 N–H and O–H groups in total. The van der Waals surface area contributed by atoms with Crippen LogP contribution in [0.1, 0.15) is 40.1 Å². The van der Waals surface area contributed by atoms with Crippen LogP contribution in [-0.4, -0.2) is 24.2 Å². The molecule has 0 radical (unpaired) electrons. The molecule has 1 amide bonds. The third-order valence-electron chi connectivity index (χ3n) is 3.32. The van der Waals surface area contributed by atoms with Crippen LogP contribution in [0.2, 0.25) is 0 Å². The Labute approximate surface area is 146 Å². The highest BCUT2D eigenvalue weighted by Crippen LogP contribution is 2.26. The van der Waals surface area contributed by atoms with E-state index in [1.807, 2.05) is 24.3 Å². The van der Waals surface area contributed by atoms with Crippen LogP contribution < -0.4 is 5.32 Å². The van der Waals surface area contributed by atoms with Crippen LogP contribution in [0.15, 0.2) is 53.4 Å². The van der Waals surface area contributed by atoms with Gasteiger partial charge in [0.15, 0.2) is 0 Å². The molecule has 0 saturated carbocycles. The van der Waals surface area contributed by atoms with Gasteiger partial charge in [0.2, 0.25) is 0 Å². The molecule has 0 atom stereocenters. The van der Waals surface area contributed by atoms with Gasteiger partial charge in [0.05, 0.1) is 18.2 Å². The molecule has 5 heteroatoms. The van der Waals surface area contributed by atoms with Crippen molar-refractivity contribution in [1.29, 1.82) is 0 Å². The summed E-state index contributed by atoms with van der Waals surface area (Å²) in [6.45, 7) is 4.60. The first-order valence-corrected chi connectivity index (χ1v) is 8.60. The van der Waals surface area contributed by atoms with Crippen LogP contribution in [0.3, 0.4) is 0 Å². The Kier molecular flexibility index (Phi) is 6.44. The predicted molar refractivity (Wildman–Crippen MR) is 96.4 cm³/mol. The molecular weight excluding hydrogens is 322 g/mol. The van der Waals surface area contributed by atoms with Crippen molar-refractivity contribution >= 4 is 23.6 Å². The van der Waals surface area contributed by atoms with Crippen molar-refractivity contribution < 1.29 is 14.3 Å². The van der Waals surface area contributed by atoms with E-state index in [-0.39, 0.29) is 11.9 Å². The Bertz CT molecular complexity index is 711. The third kappa shape index (κ3) is 4.86. The number of amides is 1. The van der Waals surface area contributed by atoms with E-state index in [1.165, 1.54) is 7.11 Å². The van der Waals surface area contributed by atoms with Gasteiger partial charge in [-0.3, -0.25) is 4.79 Å². The molecule has 2 rings (SSSR count). The number of carbonyl (C=O) groups excluding carboxylic acids is 2. The second-order valence-electron chi connectivity index (χ2n) is 5.53. The fourth-order valence-electron chi connectivity index (χ4n) is 2.17. The van der Waals surface area contributed by atoms with E-state index >= 15 is 0 Å². The minimum atomic E-state index is -0.370. The molecule has 4 nitrogen and oxygen atoms in total. The molecule has 0 aliphatic heterocycles. The normalized spacial score (nSPS) is 10.5. The molecule has 0 aliphatic carbocycles. The summed E-state index contributed by atoms with van der Waals surface area (Å²) >= 11 is 1.67. The van der Waals surface area contributed by atoms with Crippen LogP contribution >= 0.6 is 11.8 Å². The van der Waals surface area contributed by atoms with Crippen LogP contribution in [0.25, 0.3) is 0 Å². The van der Waals surface area contributed by atoms with Gasteiger partial charge in [-0.05, 0) is 29.8 Å². The molecule has 24 heavy (non-hydrogen) atoms. The van der Waals surface area contributed by atoms with Crippen molar-refractivity contribution in [3.8, 4) is 0 Å². The number of rotatable bonds is 6. The zero-order valence-corrected chi connectivity index (χ0v) is 14.9. The summed E-state index contributed by atoms with van der Waals surface area (Å²) < 4.78 is 4.67. The summed E-state index contributed by atoms with van der Waals surface area (Å²) in [6.07, 6.45) is 0. The maximum absolute atomic E-state index is 12.4. The number of benzene rings is 2. The fourth-order valence-corrected chi connectivity index (χ4v) is 3.12. The fraction of sp³-hybridized carbons (Fsp3) is 0.263.